The van der Waals surface area contributed by atoms with E-state index in [0.717, 1.165) is 18.4 Å². The molecule has 1 N–H and O–H groups in total. The smallest absolute Gasteiger partial charge is 0.274 e. The summed E-state index contributed by atoms with van der Waals surface area (Å²) in [5.41, 5.74) is 0.403. The Morgan fingerprint density at radius 1 is 1.24 bits per heavy atom. The first-order chi connectivity index (χ1) is 16.4. The van der Waals surface area contributed by atoms with Gasteiger partial charge in [0.05, 0.1) is 17.7 Å². The number of fused-ring (bicyclic) bond motifs is 1. The molecule has 2 aromatic heterocycles. The lowest BCUT2D eigenvalue weighted by Gasteiger charge is -2.39. The van der Waals surface area contributed by atoms with E-state index in [1.165, 1.54) is 23.5 Å². The molecular formula is C24H25FN4O4S. The van der Waals surface area contributed by atoms with E-state index in [1.54, 1.807) is 27.8 Å². The summed E-state index contributed by atoms with van der Waals surface area (Å²) in [5.74, 6) is -1.22. The van der Waals surface area contributed by atoms with Crippen molar-refractivity contribution in [3.8, 4) is 16.3 Å². The number of benzene rings is 1. The van der Waals surface area contributed by atoms with E-state index in [-0.39, 0.29) is 41.2 Å². The van der Waals surface area contributed by atoms with Gasteiger partial charge in [-0.05, 0) is 44.4 Å². The van der Waals surface area contributed by atoms with Crippen LogP contribution in [0.5, 0.6) is 5.75 Å². The number of aromatic nitrogens is 3. The Morgan fingerprint density at radius 3 is 2.65 bits per heavy atom. The van der Waals surface area contributed by atoms with Crippen molar-refractivity contribution in [1.82, 2.24) is 19.7 Å². The maximum atomic E-state index is 13.2. The predicted octanol–water partition coefficient (Wildman–Crippen LogP) is 3.39. The number of nitrogens with zero attached hydrogens (tertiary/aromatic N) is 4. The third-order valence-corrected chi connectivity index (χ3v) is 7.30. The molecule has 8 nitrogen and oxygen atoms in total. The van der Waals surface area contributed by atoms with Crippen LogP contribution in [0.25, 0.3) is 10.6 Å². The van der Waals surface area contributed by atoms with Gasteiger partial charge in [-0.1, -0.05) is 23.5 Å². The van der Waals surface area contributed by atoms with E-state index >= 15 is 0 Å². The standard InChI is InChI=1S/C24H25FN4O4S/c1-3-33-13(2)18-12-28(16-8-9-16)24(32)20-22(31)21(30)17(11-29(18)20)23-27-26-19(34-23)10-14-4-6-15(25)7-5-14/h4-7,11,13,16,18,31H,3,8-10,12H2,1-2H3/t13-,18-/m1/s1. The molecular weight excluding hydrogens is 459 g/mol. The van der Waals surface area contributed by atoms with Crippen molar-refractivity contribution in [2.75, 3.05) is 13.2 Å². The molecule has 3 aromatic rings. The topological polar surface area (TPSA) is 97.6 Å². The number of ether oxygens (including phenoxy) is 1. The Bertz CT molecular complexity index is 1290. The first-order valence-corrected chi connectivity index (χ1v) is 12.2. The first-order valence-electron chi connectivity index (χ1n) is 11.3. The first kappa shape index (κ1) is 22.7. The van der Waals surface area contributed by atoms with Crippen LogP contribution in [0.2, 0.25) is 0 Å². The van der Waals surface area contributed by atoms with Crippen molar-refractivity contribution in [3.05, 3.63) is 62.8 Å². The Hall–Kier alpha value is -3.11. The van der Waals surface area contributed by atoms with Crippen molar-refractivity contribution in [2.24, 2.45) is 0 Å². The molecule has 0 bridgehead atoms. The van der Waals surface area contributed by atoms with Gasteiger partial charge in [0.25, 0.3) is 5.91 Å². The minimum atomic E-state index is -0.649. The molecule has 0 saturated heterocycles. The fraction of sp³-hybridized carbons (Fsp3) is 0.417. The van der Waals surface area contributed by atoms with Crippen molar-refractivity contribution >= 4 is 17.2 Å². The summed E-state index contributed by atoms with van der Waals surface area (Å²) in [6.07, 6.45) is 3.64. The van der Waals surface area contributed by atoms with Gasteiger partial charge >= 0.3 is 0 Å². The molecule has 0 radical (unpaired) electrons. The third-order valence-electron chi connectivity index (χ3n) is 6.34. The average Bonchev–Trinajstić information content (AvgIpc) is 3.56. The lowest BCUT2D eigenvalue weighted by atomic mass is 10.0. The fourth-order valence-electron chi connectivity index (χ4n) is 4.41. The monoisotopic (exact) mass is 484 g/mol. The molecule has 1 aliphatic carbocycles. The van der Waals surface area contributed by atoms with E-state index in [9.17, 15) is 19.1 Å². The Kier molecular flexibility index (Phi) is 5.95. The molecule has 1 aromatic carbocycles. The summed E-state index contributed by atoms with van der Waals surface area (Å²) in [6.45, 7) is 4.79. The molecule has 5 rings (SSSR count). The van der Waals surface area contributed by atoms with E-state index in [4.69, 9.17) is 4.74 Å². The molecule has 3 heterocycles. The molecule has 0 spiro atoms. The van der Waals surface area contributed by atoms with Crippen LogP contribution >= 0.6 is 11.3 Å². The molecule has 2 atom stereocenters. The number of carbonyl (C=O) groups excluding carboxylic acids is 1. The van der Waals surface area contributed by atoms with Crippen LogP contribution in [0.3, 0.4) is 0 Å². The minimum Gasteiger partial charge on any atom is -0.503 e. The highest BCUT2D eigenvalue weighted by molar-refractivity contribution is 7.14. The van der Waals surface area contributed by atoms with Gasteiger partial charge in [-0.15, -0.1) is 10.2 Å². The lowest BCUT2D eigenvalue weighted by Crippen LogP contribution is -2.48. The zero-order valence-electron chi connectivity index (χ0n) is 18.9. The normalized spacial score (nSPS) is 18.7. The van der Waals surface area contributed by atoms with Gasteiger partial charge in [0.15, 0.2) is 16.5 Å². The zero-order chi connectivity index (χ0) is 24.0. The Labute approximate surface area is 199 Å². The summed E-state index contributed by atoms with van der Waals surface area (Å²) in [4.78, 5) is 28.1. The van der Waals surface area contributed by atoms with Crippen molar-refractivity contribution in [2.45, 2.75) is 51.3 Å². The van der Waals surface area contributed by atoms with Crippen LogP contribution in [0, 0.1) is 5.82 Å². The second-order valence-corrected chi connectivity index (χ2v) is 9.76. The highest BCUT2D eigenvalue weighted by atomic mass is 32.1. The maximum Gasteiger partial charge on any atom is 0.274 e. The number of pyridine rings is 1. The Morgan fingerprint density at radius 2 is 1.97 bits per heavy atom. The average molecular weight is 485 g/mol. The molecule has 2 aliphatic rings. The van der Waals surface area contributed by atoms with Crippen LogP contribution in [0.4, 0.5) is 4.39 Å². The van der Waals surface area contributed by atoms with Crippen molar-refractivity contribution in [3.63, 3.8) is 0 Å². The molecule has 1 fully saturated rings. The highest BCUT2D eigenvalue weighted by Gasteiger charge is 2.43. The van der Waals surface area contributed by atoms with E-state index < -0.39 is 11.2 Å². The van der Waals surface area contributed by atoms with Crippen molar-refractivity contribution in [1.29, 1.82) is 0 Å². The van der Waals surface area contributed by atoms with Gasteiger partial charge in [-0.3, -0.25) is 9.59 Å². The number of carbonyl (C=O) groups is 1. The minimum absolute atomic E-state index is 0.000459. The molecule has 1 saturated carbocycles. The van der Waals surface area contributed by atoms with Crippen LogP contribution in [0.15, 0.2) is 35.3 Å². The molecule has 0 unspecified atom stereocenters. The largest absolute Gasteiger partial charge is 0.503 e. The van der Waals surface area contributed by atoms with E-state index in [2.05, 4.69) is 10.2 Å². The van der Waals surface area contributed by atoms with Gasteiger partial charge in [0.2, 0.25) is 5.43 Å². The maximum absolute atomic E-state index is 13.2. The summed E-state index contributed by atoms with van der Waals surface area (Å²) < 4.78 is 20.7. The number of halogens is 1. The lowest BCUT2D eigenvalue weighted by molar-refractivity contribution is 0.0130. The van der Waals surface area contributed by atoms with Crippen molar-refractivity contribution < 1.29 is 19.0 Å². The molecule has 178 valence electrons. The number of hydrogen-bond acceptors (Lipinski definition) is 7. The van der Waals surface area contributed by atoms with E-state index in [0.29, 0.717) is 29.6 Å². The quantitative estimate of drug-likeness (QED) is 0.552. The second-order valence-electron chi connectivity index (χ2n) is 8.70. The number of aromatic hydroxyl groups is 1. The van der Waals surface area contributed by atoms with Crippen LogP contribution in [-0.2, 0) is 11.2 Å². The van der Waals surface area contributed by atoms with Gasteiger partial charge < -0.3 is 19.3 Å². The highest BCUT2D eigenvalue weighted by Crippen LogP contribution is 2.37. The SMILES string of the molecule is CCO[C@H](C)[C@H]1CN(C2CC2)C(=O)c2c(O)c(=O)c(-c3nnc(Cc4ccc(F)cc4)s3)cn21. The zero-order valence-corrected chi connectivity index (χ0v) is 19.7. The van der Waals surface area contributed by atoms with Crippen LogP contribution in [0.1, 0.15) is 53.8 Å². The second kappa shape index (κ2) is 8.92. The fourth-order valence-corrected chi connectivity index (χ4v) is 5.29. The van der Waals surface area contributed by atoms with Gasteiger partial charge in [0, 0.05) is 31.8 Å². The molecule has 10 heteroatoms. The van der Waals surface area contributed by atoms with E-state index in [1.807, 2.05) is 13.8 Å². The third kappa shape index (κ3) is 4.12. The number of hydrogen-bond donors (Lipinski definition) is 1. The molecule has 34 heavy (non-hydrogen) atoms. The van der Waals surface area contributed by atoms with Crippen LogP contribution in [-0.4, -0.2) is 56.0 Å². The van der Waals surface area contributed by atoms with Gasteiger partial charge in [-0.2, -0.15) is 0 Å². The predicted molar refractivity (Wildman–Crippen MR) is 125 cm³/mol. The number of rotatable bonds is 7. The van der Waals surface area contributed by atoms with Gasteiger partial charge in [0.1, 0.15) is 10.8 Å². The van der Waals surface area contributed by atoms with Crippen LogP contribution < -0.4 is 5.43 Å². The summed E-state index contributed by atoms with van der Waals surface area (Å²) in [7, 11) is 0. The molecule has 1 aliphatic heterocycles. The van der Waals surface area contributed by atoms with Gasteiger partial charge in [-0.25, -0.2) is 4.39 Å². The summed E-state index contributed by atoms with van der Waals surface area (Å²) in [5, 5.41) is 20.2. The Balaban J connectivity index is 1.54. The summed E-state index contributed by atoms with van der Waals surface area (Å²) >= 11 is 1.23. The summed E-state index contributed by atoms with van der Waals surface area (Å²) in [6, 6.07) is 5.99. The number of amides is 1. The molecule has 1 amide bonds.